The van der Waals surface area contributed by atoms with Gasteiger partial charge < -0.3 is 20.2 Å². The molecular formula is C37H44F5N5O4. The van der Waals surface area contributed by atoms with E-state index in [1.807, 2.05) is 13.0 Å². The van der Waals surface area contributed by atoms with Crippen LogP contribution in [0.3, 0.4) is 0 Å². The van der Waals surface area contributed by atoms with E-state index >= 15 is 0 Å². The van der Waals surface area contributed by atoms with Crippen molar-refractivity contribution in [1.82, 2.24) is 15.3 Å². The van der Waals surface area contributed by atoms with Crippen LogP contribution in [-0.4, -0.2) is 56.8 Å². The van der Waals surface area contributed by atoms with Crippen LogP contribution in [0.25, 0.3) is 0 Å². The molecule has 2 heterocycles. The minimum absolute atomic E-state index is 0.0778. The van der Waals surface area contributed by atoms with E-state index in [1.165, 1.54) is 0 Å². The highest BCUT2D eigenvalue weighted by Gasteiger charge is 2.57. The van der Waals surface area contributed by atoms with Crippen molar-refractivity contribution in [3.63, 3.8) is 0 Å². The first-order chi connectivity index (χ1) is 24.1. The molecule has 4 saturated carbocycles. The molecule has 9 nitrogen and oxygen atoms in total. The molecule has 2 N–H and O–H groups in total. The second kappa shape index (κ2) is 13.0. The van der Waals surface area contributed by atoms with E-state index in [1.54, 1.807) is 24.0 Å². The number of amides is 1. The smallest absolute Gasteiger partial charge is 0.434 e. The standard InChI is InChI=1S/C37H44F5N5O4/c1-21-14-23-16-25(15-21)36(18-23,32(49)50)45-31(48)27-19-43-33(44-30(27)37(40,41)42)47-20-34(10-4-3-5-11-34)28-17-24(6-7-29(28)47)22(2)46-51-26-8-12-35(38,39)13-9-26/h6-7,17,19,21,23,25-26H,3-5,8-16,18,20H2,1-2H3,(H,45,48)(H,49,50)/b46-22+. The maximum atomic E-state index is 14.7. The number of carboxylic acids is 1. The first-order valence-electron chi connectivity index (χ1n) is 18.1. The number of alkyl halides is 5. The molecule has 2 bridgehead atoms. The second-order valence-corrected chi connectivity index (χ2v) is 15.7. The number of benzene rings is 1. The van der Waals surface area contributed by atoms with Crippen molar-refractivity contribution >= 4 is 29.2 Å². The topological polar surface area (TPSA) is 117 Å². The second-order valence-electron chi connectivity index (χ2n) is 15.7. The summed E-state index contributed by atoms with van der Waals surface area (Å²) in [6.07, 6.45) is 2.14. The fourth-order valence-electron chi connectivity index (χ4n) is 9.61. The summed E-state index contributed by atoms with van der Waals surface area (Å²) >= 11 is 0. The summed E-state index contributed by atoms with van der Waals surface area (Å²) in [5, 5.41) is 17.1. The SMILES string of the molecule is C/C(=N\OC1CCC(F)(F)CC1)c1ccc2c(c1)C1(CCCCC1)CN2c1ncc(C(=O)NC2(C(=O)O)CC3CC(C)CC2C3)c(C(F)(F)F)n1. The molecule has 1 amide bonds. The first kappa shape index (κ1) is 35.6. The van der Waals surface area contributed by atoms with Gasteiger partial charge in [0.25, 0.3) is 5.91 Å². The summed E-state index contributed by atoms with van der Waals surface area (Å²) in [4.78, 5) is 41.8. The van der Waals surface area contributed by atoms with Crippen LogP contribution in [0.1, 0.15) is 124 Å². The minimum Gasteiger partial charge on any atom is -0.479 e. The summed E-state index contributed by atoms with van der Waals surface area (Å²) in [6.45, 7) is 4.15. The summed E-state index contributed by atoms with van der Waals surface area (Å²) in [5.41, 5.74) is -1.33. The number of nitrogens with zero attached hydrogens (tertiary/aromatic N) is 4. The number of hydrogen-bond acceptors (Lipinski definition) is 7. The highest BCUT2D eigenvalue weighted by Crippen LogP contribution is 2.53. The van der Waals surface area contributed by atoms with Crippen LogP contribution in [0.15, 0.2) is 29.6 Å². The van der Waals surface area contributed by atoms with Gasteiger partial charge in [0, 0.05) is 36.7 Å². The Morgan fingerprint density at radius 2 is 1.78 bits per heavy atom. The van der Waals surface area contributed by atoms with Gasteiger partial charge in [-0.2, -0.15) is 13.2 Å². The van der Waals surface area contributed by atoms with Crippen molar-refractivity contribution in [3.05, 3.63) is 46.8 Å². The van der Waals surface area contributed by atoms with Crippen LogP contribution in [-0.2, 0) is 21.2 Å². The van der Waals surface area contributed by atoms with Crippen molar-refractivity contribution in [2.24, 2.45) is 22.9 Å². The lowest BCUT2D eigenvalue weighted by Gasteiger charge is -2.34. The lowest BCUT2D eigenvalue weighted by Crippen LogP contribution is -2.57. The van der Waals surface area contributed by atoms with Gasteiger partial charge in [0.2, 0.25) is 11.9 Å². The number of rotatable bonds is 7. The highest BCUT2D eigenvalue weighted by atomic mass is 19.4. The number of oxime groups is 1. The van der Waals surface area contributed by atoms with Crippen LogP contribution in [0.4, 0.5) is 33.6 Å². The molecular weight excluding hydrogens is 673 g/mol. The Hall–Kier alpha value is -3.84. The number of nitrogens with one attached hydrogen (secondary N) is 1. The van der Waals surface area contributed by atoms with Crippen LogP contribution in [0.5, 0.6) is 0 Å². The number of fused-ring (bicyclic) bond motifs is 4. The Kier molecular flexibility index (Phi) is 9.05. The molecule has 4 atom stereocenters. The Labute approximate surface area is 293 Å². The Morgan fingerprint density at radius 1 is 1.06 bits per heavy atom. The van der Waals surface area contributed by atoms with Gasteiger partial charge in [-0.1, -0.05) is 37.4 Å². The number of anilines is 2. The number of carbonyl (C=O) groups excluding carboxylic acids is 1. The molecule has 0 saturated heterocycles. The van der Waals surface area contributed by atoms with Crippen molar-refractivity contribution in [2.75, 3.05) is 11.4 Å². The summed E-state index contributed by atoms with van der Waals surface area (Å²) in [6, 6.07) is 5.58. The zero-order valence-electron chi connectivity index (χ0n) is 28.9. The Balaban J connectivity index is 1.18. The number of hydrogen-bond donors (Lipinski definition) is 2. The molecule has 5 aliphatic rings. The molecule has 1 spiro atoms. The normalized spacial score (nSPS) is 28.8. The molecule has 7 rings (SSSR count). The van der Waals surface area contributed by atoms with Gasteiger partial charge in [-0.05, 0) is 99.3 Å². The third kappa shape index (κ3) is 6.67. The number of aliphatic carboxylic acids is 1. The number of aromatic nitrogens is 2. The quantitative estimate of drug-likeness (QED) is 0.169. The predicted octanol–water partition coefficient (Wildman–Crippen LogP) is 8.18. The molecule has 2 aromatic rings. The average molecular weight is 718 g/mol. The van der Waals surface area contributed by atoms with Crippen molar-refractivity contribution in [2.45, 2.75) is 126 Å². The third-order valence-electron chi connectivity index (χ3n) is 12.1. The highest BCUT2D eigenvalue weighted by molar-refractivity contribution is 6.00. The number of carbonyl (C=O) groups is 2. The fraction of sp³-hybridized carbons (Fsp3) is 0.649. The van der Waals surface area contributed by atoms with E-state index in [0.717, 1.165) is 55.8 Å². The maximum absolute atomic E-state index is 14.7. The molecule has 1 aliphatic heterocycles. The Bertz CT molecular complexity index is 1720. The van der Waals surface area contributed by atoms with Gasteiger partial charge in [-0.15, -0.1) is 0 Å². The Morgan fingerprint density at radius 3 is 2.47 bits per heavy atom. The van der Waals surface area contributed by atoms with E-state index in [0.29, 0.717) is 30.8 Å². The summed E-state index contributed by atoms with van der Waals surface area (Å²) in [7, 11) is 0. The van der Waals surface area contributed by atoms with E-state index in [4.69, 9.17) is 4.84 Å². The maximum Gasteiger partial charge on any atom is 0.434 e. The van der Waals surface area contributed by atoms with Crippen LogP contribution in [0.2, 0.25) is 0 Å². The van der Waals surface area contributed by atoms with Crippen molar-refractivity contribution in [1.29, 1.82) is 0 Å². The van der Waals surface area contributed by atoms with Crippen LogP contribution < -0.4 is 10.2 Å². The summed E-state index contributed by atoms with van der Waals surface area (Å²) < 4.78 is 71.2. The van der Waals surface area contributed by atoms with E-state index in [9.17, 15) is 36.6 Å². The lowest BCUT2D eigenvalue weighted by molar-refractivity contribution is -0.146. The van der Waals surface area contributed by atoms with Gasteiger partial charge >= 0.3 is 12.1 Å². The molecule has 276 valence electrons. The average Bonchev–Trinajstić information content (AvgIpc) is 3.53. The van der Waals surface area contributed by atoms with E-state index in [2.05, 4.69) is 20.4 Å². The van der Waals surface area contributed by atoms with E-state index < -0.39 is 46.9 Å². The molecule has 4 unspecified atom stereocenters. The molecule has 1 aromatic heterocycles. The van der Waals surface area contributed by atoms with Gasteiger partial charge in [-0.3, -0.25) is 4.79 Å². The minimum atomic E-state index is -5.02. The molecule has 4 aliphatic carbocycles. The number of carboxylic acid groups (broad SMARTS) is 1. The molecule has 0 radical (unpaired) electrons. The monoisotopic (exact) mass is 717 g/mol. The zero-order chi connectivity index (χ0) is 36.3. The number of halogens is 5. The van der Waals surface area contributed by atoms with Gasteiger partial charge in [0.15, 0.2) is 5.69 Å². The van der Waals surface area contributed by atoms with Gasteiger partial charge in [0.1, 0.15) is 11.6 Å². The molecule has 1 aromatic carbocycles. The largest absolute Gasteiger partial charge is 0.479 e. The van der Waals surface area contributed by atoms with Gasteiger partial charge in [0.05, 0.1) is 11.3 Å². The zero-order valence-corrected chi connectivity index (χ0v) is 28.9. The lowest BCUT2D eigenvalue weighted by atomic mass is 9.70. The van der Waals surface area contributed by atoms with E-state index in [-0.39, 0.29) is 61.2 Å². The fourth-order valence-corrected chi connectivity index (χ4v) is 9.61. The van der Waals surface area contributed by atoms with Gasteiger partial charge in [-0.25, -0.2) is 23.5 Å². The van der Waals surface area contributed by atoms with Crippen molar-refractivity contribution < 1.29 is 41.5 Å². The molecule has 14 heteroatoms. The predicted molar refractivity (Wildman–Crippen MR) is 178 cm³/mol. The molecule has 4 fully saturated rings. The van der Waals surface area contributed by atoms with Crippen LogP contribution >= 0.6 is 0 Å². The summed E-state index contributed by atoms with van der Waals surface area (Å²) in [5.74, 6) is -5.29. The first-order valence-corrected chi connectivity index (χ1v) is 18.1. The molecule has 51 heavy (non-hydrogen) atoms. The van der Waals surface area contributed by atoms with Crippen LogP contribution in [0, 0.1) is 17.8 Å². The van der Waals surface area contributed by atoms with Crippen molar-refractivity contribution in [3.8, 4) is 0 Å². The third-order valence-corrected chi connectivity index (χ3v) is 12.1.